The summed E-state index contributed by atoms with van der Waals surface area (Å²) < 4.78 is 32.6. The zero-order chi connectivity index (χ0) is 17.9. The first-order chi connectivity index (χ1) is 12.0. The number of hydrogen-bond acceptors (Lipinski definition) is 4. The number of carbonyl (C=O) groups excluding carboxylic acids is 1. The predicted molar refractivity (Wildman–Crippen MR) is 95.5 cm³/mol. The second-order valence-corrected chi connectivity index (χ2v) is 7.64. The lowest BCUT2D eigenvalue weighted by atomic mass is 10.1. The van der Waals surface area contributed by atoms with Crippen LogP contribution in [0.1, 0.15) is 16.7 Å². The SMILES string of the molecule is COC(=O)C=Cc1cccc(S(=O)(=O)NC2Cc3ccccc3C2)c1. The first-order valence-electron chi connectivity index (χ1n) is 7.93. The Hall–Kier alpha value is -2.44. The van der Waals surface area contributed by atoms with Crippen LogP contribution in [0.3, 0.4) is 0 Å². The van der Waals surface area contributed by atoms with Crippen LogP contribution in [0.15, 0.2) is 59.5 Å². The maximum atomic E-state index is 12.7. The Morgan fingerprint density at radius 1 is 1.12 bits per heavy atom. The molecule has 0 spiro atoms. The maximum Gasteiger partial charge on any atom is 0.330 e. The molecular weight excluding hydrogens is 338 g/mol. The molecule has 0 aromatic heterocycles. The Labute approximate surface area is 147 Å². The van der Waals surface area contributed by atoms with Gasteiger partial charge in [-0.3, -0.25) is 0 Å². The Bertz CT molecular complexity index is 894. The van der Waals surface area contributed by atoms with E-state index < -0.39 is 16.0 Å². The molecule has 0 saturated carbocycles. The third-order valence-corrected chi connectivity index (χ3v) is 5.67. The summed E-state index contributed by atoms with van der Waals surface area (Å²) in [5.41, 5.74) is 2.98. The number of benzene rings is 2. The molecule has 0 heterocycles. The average molecular weight is 357 g/mol. The van der Waals surface area contributed by atoms with E-state index in [-0.39, 0.29) is 10.9 Å². The molecule has 1 aliphatic rings. The molecule has 0 saturated heterocycles. The predicted octanol–water partition coefficient (Wildman–Crippen LogP) is 2.32. The average Bonchev–Trinajstić information content (AvgIpc) is 3.01. The molecule has 0 fully saturated rings. The lowest BCUT2D eigenvalue weighted by Gasteiger charge is -2.13. The second kappa shape index (κ2) is 7.21. The van der Waals surface area contributed by atoms with E-state index in [2.05, 4.69) is 9.46 Å². The van der Waals surface area contributed by atoms with E-state index in [1.807, 2.05) is 24.3 Å². The molecule has 1 N–H and O–H groups in total. The van der Waals surface area contributed by atoms with Crippen LogP contribution in [0.25, 0.3) is 6.08 Å². The van der Waals surface area contributed by atoms with Crippen LogP contribution >= 0.6 is 0 Å². The number of nitrogens with one attached hydrogen (secondary N) is 1. The van der Waals surface area contributed by atoms with Crippen molar-refractivity contribution in [1.82, 2.24) is 4.72 Å². The molecule has 5 nitrogen and oxygen atoms in total. The minimum Gasteiger partial charge on any atom is -0.466 e. The second-order valence-electron chi connectivity index (χ2n) is 5.92. The summed E-state index contributed by atoms with van der Waals surface area (Å²) in [7, 11) is -2.34. The van der Waals surface area contributed by atoms with Gasteiger partial charge in [-0.25, -0.2) is 17.9 Å². The Kier molecular flexibility index (Phi) is 5.01. The van der Waals surface area contributed by atoms with Crippen molar-refractivity contribution in [3.8, 4) is 0 Å². The number of fused-ring (bicyclic) bond motifs is 1. The van der Waals surface area contributed by atoms with E-state index >= 15 is 0 Å². The summed E-state index contributed by atoms with van der Waals surface area (Å²) in [5, 5.41) is 0. The zero-order valence-corrected chi connectivity index (χ0v) is 14.6. The topological polar surface area (TPSA) is 72.5 Å². The highest BCUT2D eigenvalue weighted by molar-refractivity contribution is 7.89. The van der Waals surface area contributed by atoms with Crippen molar-refractivity contribution in [3.05, 3.63) is 71.3 Å². The minimum atomic E-state index is -3.63. The number of ether oxygens (including phenoxy) is 1. The number of methoxy groups -OCH3 is 1. The maximum absolute atomic E-state index is 12.7. The Morgan fingerprint density at radius 3 is 2.44 bits per heavy atom. The minimum absolute atomic E-state index is 0.142. The summed E-state index contributed by atoms with van der Waals surface area (Å²) in [6, 6.07) is 14.3. The van der Waals surface area contributed by atoms with Crippen molar-refractivity contribution in [3.63, 3.8) is 0 Å². The fraction of sp³-hybridized carbons (Fsp3) is 0.211. The zero-order valence-electron chi connectivity index (χ0n) is 13.8. The van der Waals surface area contributed by atoms with Gasteiger partial charge in [-0.2, -0.15) is 0 Å². The van der Waals surface area contributed by atoms with Crippen LogP contribution in [-0.4, -0.2) is 27.5 Å². The number of sulfonamides is 1. The molecule has 6 heteroatoms. The third kappa shape index (κ3) is 4.15. The van der Waals surface area contributed by atoms with Crippen LogP contribution in [0.2, 0.25) is 0 Å². The first-order valence-corrected chi connectivity index (χ1v) is 9.41. The molecule has 0 aliphatic heterocycles. The lowest BCUT2D eigenvalue weighted by molar-refractivity contribution is -0.134. The monoisotopic (exact) mass is 357 g/mol. The van der Waals surface area contributed by atoms with Crippen LogP contribution in [0.4, 0.5) is 0 Å². The van der Waals surface area contributed by atoms with Crippen molar-refractivity contribution in [1.29, 1.82) is 0 Å². The van der Waals surface area contributed by atoms with Crippen LogP contribution in [-0.2, 0) is 32.4 Å². The molecule has 130 valence electrons. The highest BCUT2D eigenvalue weighted by Crippen LogP contribution is 2.23. The Balaban J connectivity index is 1.75. The van der Waals surface area contributed by atoms with Gasteiger partial charge in [0.15, 0.2) is 0 Å². The quantitative estimate of drug-likeness (QED) is 0.658. The third-order valence-electron chi connectivity index (χ3n) is 4.15. The molecule has 0 amide bonds. The number of rotatable bonds is 5. The highest BCUT2D eigenvalue weighted by atomic mass is 32.2. The van der Waals surface area contributed by atoms with E-state index in [9.17, 15) is 13.2 Å². The van der Waals surface area contributed by atoms with Crippen molar-refractivity contribution < 1.29 is 17.9 Å². The van der Waals surface area contributed by atoms with E-state index in [1.54, 1.807) is 18.2 Å². The molecule has 25 heavy (non-hydrogen) atoms. The van der Waals surface area contributed by atoms with Gasteiger partial charge >= 0.3 is 5.97 Å². The van der Waals surface area contributed by atoms with Gasteiger partial charge in [0.2, 0.25) is 10.0 Å². The molecular formula is C19H19NO4S. The van der Waals surface area contributed by atoms with Gasteiger partial charge in [0, 0.05) is 12.1 Å². The fourth-order valence-electron chi connectivity index (χ4n) is 2.95. The standard InChI is InChI=1S/C19H19NO4S/c1-24-19(21)10-9-14-5-4-8-18(11-14)25(22,23)20-17-12-15-6-2-3-7-16(15)13-17/h2-11,17,20H,12-13H2,1H3. The van der Waals surface area contributed by atoms with E-state index in [0.29, 0.717) is 18.4 Å². The van der Waals surface area contributed by atoms with Crippen molar-refractivity contribution in [2.75, 3.05) is 7.11 Å². The van der Waals surface area contributed by atoms with Gasteiger partial charge in [0.25, 0.3) is 0 Å². The normalized spacial score (nSPS) is 14.6. The number of carbonyl (C=O) groups is 1. The molecule has 3 rings (SSSR count). The fourth-order valence-corrected chi connectivity index (χ4v) is 4.24. The molecule has 2 aromatic carbocycles. The summed E-state index contributed by atoms with van der Waals surface area (Å²) in [6.45, 7) is 0. The lowest BCUT2D eigenvalue weighted by Crippen LogP contribution is -2.35. The van der Waals surface area contributed by atoms with E-state index in [1.165, 1.54) is 36.5 Å². The van der Waals surface area contributed by atoms with Gasteiger partial charge in [0.1, 0.15) is 0 Å². The summed E-state index contributed by atoms with van der Waals surface area (Å²) in [6.07, 6.45) is 4.16. The van der Waals surface area contributed by atoms with Crippen LogP contribution in [0, 0.1) is 0 Å². The largest absolute Gasteiger partial charge is 0.466 e. The molecule has 1 aliphatic carbocycles. The molecule has 0 atom stereocenters. The van der Waals surface area contributed by atoms with Crippen molar-refractivity contribution in [2.45, 2.75) is 23.8 Å². The van der Waals surface area contributed by atoms with Crippen molar-refractivity contribution in [2.24, 2.45) is 0 Å². The van der Waals surface area contributed by atoms with E-state index in [0.717, 1.165) is 0 Å². The van der Waals surface area contributed by atoms with Crippen LogP contribution in [0.5, 0.6) is 0 Å². The van der Waals surface area contributed by atoms with Crippen LogP contribution < -0.4 is 4.72 Å². The van der Waals surface area contributed by atoms with Gasteiger partial charge in [-0.15, -0.1) is 0 Å². The first kappa shape index (κ1) is 17.4. The van der Waals surface area contributed by atoms with Gasteiger partial charge in [-0.1, -0.05) is 36.4 Å². The van der Waals surface area contributed by atoms with E-state index in [4.69, 9.17) is 0 Å². The summed E-state index contributed by atoms with van der Waals surface area (Å²) in [4.78, 5) is 11.3. The molecule has 2 aromatic rings. The number of esters is 1. The van der Waals surface area contributed by atoms with Crippen molar-refractivity contribution >= 4 is 22.1 Å². The Morgan fingerprint density at radius 2 is 1.80 bits per heavy atom. The van der Waals surface area contributed by atoms with Gasteiger partial charge in [-0.05, 0) is 47.7 Å². The summed E-state index contributed by atoms with van der Waals surface area (Å²) in [5.74, 6) is -0.491. The van der Waals surface area contributed by atoms with Gasteiger partial charge in [0.05, 0.1) is 12.0 Å². The molecule has 0 radical (unpaired) electrons. The molecule has 0 unspecified atom stereocenters. The smallest absolute Gasteiger partial charge is 0.330 e. The van der Waals surface area contributed by atoms with Gasteiger partial charge < -0.3 is 4.74 Å². The highest BCUT2D eigenvalue weighted by Gasteiger charge is 2.26. The number of hydrogen-bond donors (Lipinski definition) is 1. The summed E-state index contributed by atoms with van der Waals surface area (Å²) >= 11 is 0. The molecule has 0 bridgehead atoms.